The molecule has 0 radical (unpaired) electrons. The molecule has 1 unspecified atom stereocenters. The molecule has 14 nitrogen and oxygen atoms in total. The molecule has 0 aromatic heterocycles. The van der Waals surface area contributed by atoms with Crippen LogP contribution in [0.15, 0.2) is 11.8 Å². The first kappa shape index (κ1) is 29.6. The van der Waals surface area contributed by atoms with Crippen LogP contribution in [0.5, 0.6) is 0 Å². The van der Waals surface area contributed by atoms with Gasteiger partial charge in [-0.15, -0.1) is 0 Å². The Kier molecular flexibility index (Phi) is 12.3. The van der Waals surface area contributed by atoms with Gasteiger partial charge in [0, 0.05) is 0 Å². The molecule has 1 saturated heterocycles. The van der Waals surface area contributed by atoms with Crippen LogP contribution in [-0.4, -0.2) is 100 Å². The zero-order valence-electron chi connectivity index (χ0n) is 15.3. The fraction of sp³-hybridized carbons (Fsp3) is 0.750. The molecule has 0 saturated carbocycles. The summed E-state index contributed by atoms with van der Waals surface area (Å²) < 4.78 is 48.7. The molecule has 6 N–H and O–H groups in total. The molecule has 0 aliphatic carbocycles. The van der Waals surface area contributed by atoms with E-state index in [4.69, 9.17) is 14.2 Å². The Morgan fingerprint density at radius 3 is 2.28 bits per heavy atom. The number of aliphatic carboxylic acids is 1. The van der Waals surface area contributed by atoms with Crippen molar-refractivity contribution >= 4 is 16.3 Å². The van der Waals surface area contributed by atoms with Crippen LogP contribution >= 0.6 is 0 Å². The number of carboxylic acid groups (broad SMARTS) is 1. The summed E-state index contributed by atoms with van der Waals surface area (Å²) in [6.07, 6.45) is -12.1. The smallest absolute Gasteiger partial charge is 0.735 e. The third kappa shape index (κ3) is 7.60. The maximum Gasteiger partial charge on any atom is 1.00 e. The van der Waals surface area contributed by atoms with Crippen LogP contribution in [0.3, 0.4) is 0 Å². The predicted octanol–water partition coefficient (Wildman–Crippen LogP) is -12.4. The monoisotopic (exact) mass is 461 g/mol. The van der Waals surface area contributed by atoms with E-state index in [1.807, 2.05) is 0 Å². The predicted molar refractivity (Wildman–Crippen MR) is 75.4 cm³/mol. The van der Waals surface area contributed by atoms with E-state index in [9.17, 15) is 48.4 Å². The van der Waals surface area contributed by atoms with E-state index in [-0.39, 0.29) is 59.1 Å². The van der Waals surface area contributed by atoms with Gasteiger partial charge in [0.1, 0.15) is 48.3 Å². The minimum atomic E-state index is -5.14. The Hall–Kier alpha value is 0.600. The van der Waals surface area contributed by atoms with Crippen molar-refractivity contribution in [3.05, 3.63) is 11.8 Å². The van der Waals surface area contributed by atoms with Gasteiger partial charge in [-0.3, -0.25) is 0 Å². The normalized spacial score (nSPS) is 37.4. The van der Waals surface area contributed by atoms with Crippen molar-refractivity contribution in [1.29, 1.82) is 0 Å². The number of rotatable bonds is 6. The number of nitrogens with one attached hydrogen (secondary N) is 1. The Labute approximate surface area is 208 Å². The van der Waals surface area contributed by atoms with Crippen molar-refractivity contribution in [2.24, 2.45) is 0 Å². The molecule has 8 atom stereocenters. The molecule has 2 heterocycles. The van der Waals surface area contributed by atoms with E-state index >= 15 is 0 Å². The van der Waals surface area contributed by atoms with Crippen LogP contribution in [0.4, 0.5) is 0 Å². The van der Waals surface area contributed by atoms with Crippen molar-refractivity contribution in [2.45, 2.75) is 49.1 Å². The van der Waals surface area contributed by atoms with Crippen LogP contribution in [-0.2, 0) is 29.3 Å². The van der Waals surface area contributed by atoms with Gasteiger partial charge in [-0.05, 0) is 6.08 Å². The number of ether oxygens (including phenoxy) is 3. The van der Waals surface area contributed by atoms with Gasteiger partial charge >= 0.3 is 59.1 Å². The number of carbonyl (C=O) groups is 1. The third-order valence-electron chi connectivity index (χ3n) is 3.84. The van der Waals surface area contributed by atoms with E-state index in [0.717, 1.165) is 0 Å². The topological polar surface area (TPSA) is 238 Å². The summed E-state index contributed by atoms with van der Waals surface area (Å²) >= 11 is 0. The number of aliphatic hydroxyl groups excluding tert-OH is 5. The second-order valence-corrected chi connectivity index (χ2v) is 6.87. The number of carboxylic acids is 1. The third-order valence-corrected chi connectivity index (χ3v) is 4.40. The maximum atomic E-state index is 10.9. The van der Waals surface area contributed by atoms with Crippen LogP contribution < -0.4 is 68.9 Å². The van der Waals surface area contributed by atoms with E-state index in [2.05, 4.69) is 0 Å². The van der Waals surface area contributed by atoms with Crippen LogP contribution in [0.25, 0.3) is 0 Å². The van der Waals surface area contributed by atoms with E-state index in [0.29, 0.717) is 6.08 Å². The van der Waals surface area contributed by atoms with E-state index in [1.165, 1.54) is 4.72 Å². The molecular weight excluding hydrogens is 444 g/mol. The molecule has 0 amide bonds. The van der Waals surface area contributed by atoms with Crippen molar-refractivity contribution < 1.29 is 122 Å². The molecule has 2 rings (SSSR count). The SMILES string of the molecule is O=C([O-])C1=C[C@H](O)[C@@H](O)[C@H](O[C@H]2[C@H](O)[C@@H](NS(=O)(=O)[O-])C(O)O[C@@H]2CO)O1.[Na+].[Na+]. The minimum absolute atomic E-state index is 0. The molecule has 0 bridgehead atoms. The zero-order chi connectivity index (χ0) is 20.5. The van der Waals surface area contributed by atoms with Gasteiger partial charge in [0.05, 0.1) is 6.61 Å². The van der Waals surface area contributed by atoms with Crippen molar-refractivity contribution in [2.75, 3.05) is 6.61 Å². The Morgan fingerprint density at radius 1 is 1.21 bits per heavy atom. The maximum absolute atomic E-state index is 10.9. The molecule has 156 valence electrons. The van der Waals surface area contributed by atoms with Crippen LogP contribution in [0.2, 0.25) is 0 Å². The molecule has 0 spiro atoms. The molecule has 29 heavy (non-hydrogen) atoms. The van der Waals surface area contributed by atoms with Gasteiger partial charge in [0.25, 0.3) is 0 Å². The molecule has 1 fully saturated rings. The van der Waals surface area contributed by atoms with Crippen molar-refractivity contribution in [1.82, 2.24) is 4.72 Å². The molecule has 0 aromatic rings. The van der Waals surface area contributed by atoms with Crippen LogP contribution in [0.1, 0.15) is 0 Å². The first-order valence-electron chi connectivity index (χ1n) is 7.41. The minimum Gasteiger partial charge on any atom is -0.735 e. The summed E-state index contributed by atoms with van der Waals surface area (Å²) in [6.45, 7) is -0.871. The van der Waals surface area contributed by atoms with Crippen molar-refractivity contribution in [3.8, 4) is 0 Å². The Balaban J connectivity index is 0.00000392. The zero-order valence-corrected chi connectivity index (χ0v) is 20.1. The first-order chi connectivity index (χ1) is 12.4. The molecule has 17 heteroatoms. The molecule has 2 aliphatic heterocycles. The fourth-order valence-electron chi connectivity index (χ4n) is 2.57. The van der Waals surface area contributed by atoms with Gasteiger partial charge < -0.3 is 54.2 Å². The summed E-state index contributed by atoms with van der Waals surface area (Å²) in [5, 5.41) is 59.6. The number of aliphatic hydroxyl groups is 5. The standard InChI is InChI=1S/C12H19NO13S.2Na/c14-2-5-9(8(17)6(11(20)24-5)13-27(21,22)23)26-12-7(16)3(15)1-4(25-12)10(18)19;;/h1,3,5-9,11-17,20H,2H2,(H,18,19)(H,21,22,23);;/q;2*+1/p-2/t3-,5+,6+,7+,8+,9+,11?,12-;;/m0../s1. The Bertz CT molecular complexity index is 691. The van der Waals surface area contributed by atoms with Crippen LogP contribution in [0, 0.1) is 0 Å². The molecular formula is C12H17NNa2O13S. The average molecular weight is 461 g/mol. The second kappa shape index (κ2) is 12.0. The van der Waals surface area contributed by atoms with Gasteiger partial charge in [-0.25, -0.2) is 13.1 Å². The van der Waals surface area contributed by atoms with E-state index in [1.54, 1.807) is 0 Å². The molecule has 2 aliphatic rings. The number of hydrogen-bond acceptors (Lipinski definition) is 13. The summed E-state index contributed by atoms with van der Waals surface area (Å²) in [6, 6.07) is -1.91. The largest absolute Gasteiger partial charge is 1.00 e. The van der Waals surface area contributed by atoms with Gasteiger partial charge in [0.2, 0.25) is 6.29 Å². The van der Waals surface area contributed by atoms with Gasteiger partial charge in [-0.2, -0.15) is 0 Å². The second-order valence-electron chi connectivity index (χ2n) is 5.72. The van der Waals surface area contributed by atoms with E-state index < -0.39 is 77.8 Å². The Morgan fingerprint density at radius 2 is 1.79 bits per heavy atom. The summed E-state index contributed by atoms with van der Waals surface area (Å²) in [5.74, 6) is -2.73. The van der Waals surface area contributed by atoms with Gasteiger partial charge in [0.15, 0.2) is 16.6 Å². The quantitative estimate of drug-likeness (QED) is 0.159. The van der Waals surface area contributed by atoms with Crippen molar-refractivity contribution in [3.63, 3.8) is 0 Å². The molecule has 0 aromatic carbocycles. The van der Waals surface area contributed by atoms with Gasteiger partial charge in [-0.1, -0.05) is 0 Å². The number of hydrogen-bond donors (Lipinski definition) is 6. The summed E-state index contributed by atoms with van der Waals surface area (Å²) in [5.41, 5.74) is 0. The average Bonchev–Trinajstić information content (AvgIpc) is 2.56. The fourth-order valence-corrected chi connectivity index (χ4v) is 3.16. The summed E-state index contributed by atoms with van der Waals surface area (Å²) in [7, 11) is -5.14. The number of carbonyl (C=O) groups excluding carboxylic acids is 1. The summed E-state index contributed by atoms with van der Waals surface area (Å²) in [4.78, 5) is 10.9. The first-order valence-corrected chi connectivity index (χ1v) is 8.82.